The molecular weight excluding hydrogens is 459 g/mol. The third-order valence-corrected chi connectivity index (χ3v) is 7.17. The Hall–Kier alpha value is -2.98. The van der Waals surface area contributed by atoms with Gasteiger partial charge in [0.25, 0.3) is 0 Å². The van der Waals surface area contributed by atoms with E-state index in [1.165, 1.54) is 31.1 Å². The van der Waals surface area contributed by atoms with E-state index < -0.39 is 34.5 Å². The van der Waals surface area contributed by atoms with E-state index in [0.29, 0.717) is 19.4 Å². The SMILES string of the molecule is CCNC(=O)[C@H](CC)N(CCc1ccccc1)C(=O)CN(c1ccc(F)cc1)S(=O)(=O)N(C)C. The van der Waals surface area contributed by atoms with Gasteiger partial charge < -0.3 is 10.2 Å². The molecule has 2 aromatic rings. The topological polar surface area (TPSA) is 90.0 Å². The minimum absolute atomic E-state index is 0.150. The Morgan fingerprint density at radius 3 is 2.15 bits per heavy atom. The summed E-state index contributed by atoms with van der Waals surface area (Å²) in [5.74, 6) is -1.34. The number of halogens is 1. The fraction of sp³-hybridized carbons (Fsp3) is 0.417. The number of nitrogens with zero attached hydrogens (tertiary/aromatic N) is 3. The summed E-state index contributed by atoms with van der Waals surface area (Å²) < 4.78 is 41.5. The van der Waals surface area contributed by atoms with E-state index in [9.17, 15) is 22.4 Å². The van der Waals surface area contributed by atoms with Crippen LogP contribution in [-0.4, -0.2) is 69.2 Å². The molecule has 0 fully saturated rings. The van der Waals surface area contributed by atoms with E-state index in [1.54, 1.807) is 13.8 Å². The summed E-state index contributed by atoms with van der Waals surface area (Å²) in [4.78, 5) is 27.7. The van der Waals surface area contributed by atoms with Gasteiger partial charge in [-0.25, -0.2) is 8.70 Å². The lowest BCUT2D eigenvalue weighted by atomic mass is 10.1. The summed E-state index contributed by atoms with van der Waals surface area (Å²) in [6, 6.07) is 13.6. The van der Waals surface area contributed by atoms with Crippen LogP contribution < -0.4 is 9.62 Å². The molecule has 0 aliphatic carbocycles. The van der Waals surface area contributed by atoms with Crippen molar-refractivity contribution in [2.45, 2.75) is 32.7 Å². The summed E-state index contributed by atoms with van der Waals surface area (Å²) in [7, 11) is -1.36. The molecular formula is C24H33FN4O4S. The Balaban J connectivity index is 2.40. The second kappa shape index (κ2) is 12.5. The van der Waals surface area contributed by atoms with Crippen molar-refractivity contribution in [1.29, 1.82) is 0 Å². The second-order valence-electron chi connectivity index (χ2n) is 7.91. The number of carbonyl (C=O) groups excluding carboxylic acids is 2. The molecule has 0 saturated carbocycles. The number of anilines is 1. The van der Waals surface area contributed by atoms with E-state index in [4.69, 9.17) is 0 Å². The average Bonchev–Trinajstić information content (AvgIpc) is 2.81. The van der Waals surface area contributed by atoms with Crippen LogP contribution in [0.1, 0.15) is 25.8 Å². The van der Waals surface area contributed by atoms with Gasteiger partial charge in [-0.2, -0.15) is 12.7 Å². The minimum Gasteiger partial charge on any atom is -0.355 e. The Morgan fingerprint density at radius 2 is 1.62 bits per heavy atom. The molecule has 0 heterocycles. The Kier molecular flexibility index (Phi) is 10.0. The van der Waals surface area contributed by atoms with Gasteiger partial charge in [0.05, 0.1) is 5.69 Å². The molecule has 0 saturated heterocycles. The number of amides is 2. The number of carbonyl (C=O) groups is 2. The lowest BCUT2D eigenvalue weighted by Crippen LogP contribution is -2.54. The van der Waals surface area contributed by atoms with Crippen LogP contribution >= 0.6 is 0 Å². The lowest BCUT2D eigenvalue weighted by Gasteiger charge is -2.33. The monoisotopic (exact) mass is 492 g/mol. The van der Waals surface area contributed by atoms with Crippen LogP contribution in [-0.2, 0) is 26.2 Å². The van der Waals surface area contributed by atoms with Gasteiger partial charge in [0.2, 0.25) is 11.8 Å². The van der Waals surface area contributed by atoms with Crippen LogP contribution in [0, 0.1) is 5.82 Å². The van der Waals surface area contributed by atoms with Crippen LogP contribution in [0.5, 0.6) is 0 Å². The number of likely N-dealkylation sites (N-methyl/N-ethyl adjacent to an activating group) is 1. The highest BCUT2D eigenvalue weighted by Gasteiger charge is 2.33. The van der Waals surface area contributed by atoms with Gasteiger partial charge in [0.15, 0.2) is 0 Å². The molecule has 0 aliphatic rings. The summed E-state index contributed by atoms with van der Waals surface area (Å²) in [5, 5.41) is 2.76. The summed E-state index contributed by atoms with van der Waals surface area (Å²) >= 11 is 0. The van der Waals surface area contributed by atoms with E-state index in [-0.39, 0.29) is 18.1 Å². The molecule has 0 unspecified atom stereocenters. The van der Waals surface area contributed by atoms with Crippen molar-refractivity contribution in [2.75, 3.05) is 38.0 Å². The van der Waals surface area contributed by atoms with Crippen molar-refractivity contribution in [2.24, 2.45) is 0 Å². The third-order valence-electron chi connectivity index (χ3n) is 5.35. The largest absolute Gasteiger partial charge is 0.355 e. The van der Waals surface area contributed by atoms with Gasteiger partial charge in [-0.05, 0) is 49.6 Å². The second-order valence-corrected chi connectivity index (χ2v) is 9.98. The molecule has 1 N–H and O–H groups in total. The quantitative estimate of drug-likeness (QED) is 0.493. The highest BCUT2D eigenvalue weighted by molar-refractivity contribution is 7.90. The van der Waals surface area contributed by atoms with Crippen LogP contribution in [0.2, 0.25) is 0 Å². The van der Waals surface area contributed by atoms with E-state index in [1.807, 2.05) is 30.3 Å². The van der Waals surface area contributed by atoms with Crippen molar-refractivity contribution in [3.05, 3.63) is 66.0 Å². The zero-order valence-electron chi connectivity index (χ0n) is 20.1. The molecule has 2 rings (SSSR count). The van der Waals surface area contributed by atoms with Crippen LogP contribution in [0.25, 0.3) is 0 Å². The van der Waals surface area contributed by atoms with Gasteiger partial charge in [-0.1, -0.05) is 37.3 Å². The first-order valence-corrected chi connectivity index (χ1v) is 12.6. The molecule has 0 spiro atoms. The zero-order valence-corrected chi connectivity index (χ0v) is 20.9. The normalized spacial score (nSPS) is 12.3. The standard InChI is InChI=1S/C24H33FN4O4S/c1-5-22(24(31)26-6-2)28(17-16-19-10-8-7-9-11-19)23(30)18-29(34(32,33)27(3)4)21-14-12-20(25)13-15-21/h7-15,22H,5-6,16-18H2,1-4H3,(H,26,31)/t22-/m0/s1. The average molecular weight is 493 g/mol. The first kappa shape index (κ1) is 27.3. The van der Waals surface area contributed by atoms with Gasteiger partial charge in [-0.15, -0.1) is 0 Å². The molecule has 2 aromatic carbocycles. The van der Waals surface area contributed by atoms with Gasteiger partial charge in [-0.3, -0.25) is 9.59 Å². The fourth-order valence-corrected chi connectivity index (χ4v) is 4.57. The predicted molar refractivity (Wildman–Crippen MR) is 131 cm³/mol. The first-order valence-electron chi connectivity index (χ1n) is 11.2. The highest BCUT2D eigenvalue weighted by atomic mass is 32.2. The molecule has 0 bridgehead atoms. The molecule has 2 amide bonds. The van der Waals surface area contributed by atoms with E-state index in [2.05, 4.69) is 5.32 Å². The van der Waals surface area contributed by atoms with Crippen LogP contribution in [0.15, 0.2) is 54.6 Å². The van der Waals surface area contributed by atoms with Gasteiger partial charge >= 0.3 is 10.2 Å². The maximum absolute atomic E-state index is 13.5. The molecule has 0 aromatic heterocycles. The van der Waals surface area contributed by atoms with Crippen molar-refractivity contribution in [3.8, 4) is 0 Å². The lowest BCUT2D eigenvalue weighted by molar-refractivity contribution is -0.139. The molecule has 1 atom stereocenters. The summed E-state index contributed by atoms with van der Waals surface area (Å²) in [5.41, 5.74) is 1.14. The van der Waals surface area contributed by atoms with Gasteiger partial charge in [0, 0.05) is 27.2 Å². The molecule has 0 radical (unpaired) electrons. The summed E-state index contributed by atoms with van der Waals surface area (Å²) in [6.45, 7) is 3.71. The number of hydrogen-bond donors (Lipinski definition) is 1. The van der Waals surface area contributed by atoms with Crippen molar-refractivity contribution >= 4 is 27.7 Å². The Bertz CT molecular complexity index is 1050. The molecule has 10 heteroatoms. The molecule has 186 valence electrons. The third kappa shape index (κ3) is 7.01. The van der Waals surface area contributed by atoms with E-state index in [0.717, 1.165) is 26.3 Å². The fourth-order valence-electron chi connectivity index (χ4n) is 3.51. The van der Waals surface area contributed by atoms with Crippen LogP contribution in [0.4, 0.5) is 10.1 Å². The van der Waals surface area contributed by atoms with Crippen molar-refractivity contribution in [3.63, 3.8) is 0 Å². The first-order chi connectivity index (χ1) is 16.1. The van der Waals surface area contributed by atoms with E-state index >= 15 is 0 Å². The number of nitrogens with one attached hydrogen (secondary N) is 1. The van der Waals surface area contributed by atoms with Crippen molar-refractivity contribution < 1.29 is 22.4 Å². The maximum Gasteiger partial charge on any atom is 0.304 e. The zero-order chi connectivity index (χ0) is 25.3. The minimum atomic E-state index is -4.07. The Morgan fingerprint density at radius 1 is 1.00 bits per heavy atom. The molecule has 8 nitrogen and oxygen atoms in total. The van der Waals surface area contributed by atoms with Crippen LogP contribution in [0.3, 0.4) is 0 Å². The van der Waals surface area contributed by atoms with Crippen molar-refractivity contribution in [1.82, 2.24) is 14.5 Å². The maximum atomic E-state index is 13.5. The predicted octanol–water partition coefficient (Wildman–Crippen LogP) is 2.42. The smallest absolute Gasteiger partial charge is 0.304 e. The number of hydrogen-bond acceptors (Lipinski definition) is 4. The summed E-state index contributed by atoms with van der Waals surface area (Å²) in [6.07, 6.45) is 0.864. The molecule has 0 aliphatic heterocycles. The van der Waals surface area contributed by atoms with Gasteiger partial charge in [0.1, 0.15) is 18.4 Å². The highest BCUT2D eigenvalue weighted by Crippen LogP contribution is 2.21. The number of rotatable bonds is 12. The molecule has 34 heavy (non-hydrogen) atoms. The number of benzene rings is 2. The Labute approximate surface area is 201 Å².